The summed E-state index contributed by atoms with van der Waals surface area (Å²) in [4.78, 5) is 18.3. The van der Waals surface area contributed by atoms with Crippen LogP contribution in [-0.4, -0.2) is 42.4 Å². The predicted molar refractivity (Wildman–Crippen MR) is 112 cm³/mol. The van der Waals surface area contributed by atoms with Crippen LogP contribution in [0.4, 0.5) is 18.9 Å². The van der Waals surface area contributed by atoms with Crippen molar-refractivity contribution in [3.63, 3.8) is 0 Å². The molecule has 10 heteroatoms. The first-order valence-corrected chi connectivity index (χ1v) is 10.7. The van der Waals surface area contributed by atoms with E-state index in [1.54, 1.807) is 6.07 Å². The van der Waals surface area contributed by atoms with E-state index in [2.05, 4.69) is 15.5 Å². The number of hydrogen-bond donors (Lipinski definition) is 1. The number of halogens is 3. The molecule has 1 N–H and O–H groups in total. The van der Waals surface area contributed by atoms with Crippen molar-refractivity contribution in [2.45, 2.75) is 58.2 Å². The van der Waals surface area contributed by atoms with Gasteiger partial charge in [0.2, 0.25) is 11.8 Å². The summed E-state index contributed by atoms with van der Waals surface area (Å²) in [6, 6.07) is 4.24. The Labute approximate surface area is 185 Å². The fraction of sp³-hybridized carbons (Fsp3) is 0.591. The number of anilines is 1. The second-order valence-electron chi connectivity index (χ2n) is 8.83. The highest BCUT2D eigenvalue weighted by Gasteiger charge is 2.34. The Morgan fingerprint density at radius 1 is 1.19 bits per heavy atom. The van der Waals surface area contributed by atoms with Gasteiger partial charge in [0.1, 0.15) is 0 Å². The van der Waals surface area contributed by atoms with Gasteiger partial charge < -0.3 is 19.5 Å². The molecule has 2 heterocycles. The van der Waals surface area contributed by atoms with Crippen LogP contribution in [-0.2, 0) is 34.1 Å². The van der Waals surface area contributed by atoms with Gasteiger partial charge in [-0.25, -0.2) is 0 Å². The van der Waals surface area contributed by atoms with Crippen molar-refractivity contribution in [3.05, 3.63) is 41.0 Å². The van der Waals surface area contributed by atoms with Gasteiger partial charge in [-0.05, 0) is 24.1 Å². The summed E-state index contributed by atoms with van der Waals surface area (Å²) in [5, 5.41) is 6.52. The highest BCUT2D eigenvalue weighted by Crippen LogP contribution is 2.35. The van der Waals surface area contributed by atoms with Gasteiger partial charge in [-0.2, -0.15) is 18.2 Å². The number of aromatic nitrogens is 2. The largest absolute Gasteiger partial charge is 0.416 e. The molecule has 0 spiro atoms. The van der Waals surface area contributed by atoms with E-state index in [9.17, 15) is 18.0 Å². The number of alkyl halides is 3. The maximum atomic E-state index is 13.6. The van der Waals surface area contributed by atoms with Crippen LogP contribution in [0.15, 0.2) is 22.7 Å². The summed E-state index contributed by atoms with van der Waals surface area (Å²) in [6.07, 6.45) is -3.47. The number of hydrogen-bond acceptors (Lipinski definition) is 6. The first-order valence-electron chi connectivity index (χ1n) is 10.7. The number of aryl methyl sites for hydroxylation is 1. The predicted octanol–water partition coefficient (Wildman–Crippen LogP) is 3.86. The molecule has 0 bridgehead atoms. The molecule has 1 saturated heterocycles. The van der Waals surface area contributed by atoms with Gasteiger partial charge in [-0.3, -0.25) is 4.79 Å². The van der Waals surface area contributed by atoms with Crippen LogP contribution in [0.1, 0.15) is 56.5 Å². The van der Waals surface area contributed by atoms with Gasteiger partial charge >= 0.3 is 6.18 Å². The van der Waals surface area contributed by atoms with Crippen molar-refractivity contribution in [2.75, 3.05) is 31.2 Å². The average Bonchev–Trinajstić information content (AvgIpc) is 3.22. The quantitative estimate of drug-likeness (QED) is 0.684. The Bertz CT molecular complexity index is 916. The van der Waals surface area contributed by atoms with Gasteiger partial charge in [0.15, 0.2) is 5.82 Å². The Kier molecular flexibility index (Phi) is 7.43. The molecule has 1 aromatic heterocycles. The molecule has 0 unspecified atom stereocenters. The Morgan fingerprint density at radius 3 is 2.53 bits per heavy atom. The first kappa shape index (κ1) is 24.0. The third-order valence-corrected chi connectivity index (χ3v) is 5.18. The van der Waals surface area contributed by atoms with Crippen LogP contribution >= 0.6 is 0 Å². The second kappa shape index (κ2) is 9.89. The average molecular weight is 454 g/mol. The Hall–Kier alpha value is -2.62. The summed E-state index contributed by atoms with van der Waals surface area (Å²) < 4.78 is 51.3. The van der Waals surface area contributed by atoms with Crippen molar-refractivity contribution in [1.29, 1.82) is 0 Å². The molecular formula is C22H29F3N4O3. The van der Waals surface area contributed by atoms with E-state index in [4.69, 9.17) is 9.26 Å². The van der Waals surface area contributed by atoms with Crippen LogP contribution in [0.3, 0.4) is 0 Å². The van der Waals surface area contributed by atoms with Crippen LogP contribution in [0, 0.1) is 0 Å². The molecule has 176 valence electrons. The topological polar surface area (TPSA) is 80.5 Å². The van der Waals surface area contributed by atoms with Crippen LogP contribution in [0.25, 0.3) is 0 Å². The molecule has 0 saturated carbocycles. The zero-order valence-electron chi connectivity index (χ0n) is 18.6. The van der Waals surface area contributed by atoms with Crippen LogP contribution < -0.4 is 10.2 Å². The van der Waals surface area contributed by atoms with Crippen LogP contribution in [0.2, 0.25) is 0 Å². The molecule has 7 nitrogen and oxygen atoms in total. The van der Waals surface area contributed by atoms with E-state index >= 15 is 0 Å². The minimum atomic E-state index is -4.51. The zero-order chi connectivity index (χ0) is 23.4. The third kappa shape index (κ3) is 6.44. The smallest absolute Gasteiger partial charge is 0.378 e. The Balaban J connectivity index is 1.54. The number of nitrogens with one attached hydrogen (secondary N) is 1. The SMILES string of the molecule is CC(C)(C)c1noc(CCCC(=O)NCc2ccc(N3CCOCC3)cc2C(F)(F)F)n1. The second-order valence-corrected chi connectivity index (χ2v) is 8.83. The molecule has 0 aliphatic carbocycles. The molecule has 1 aromatic carbocycles. The number of benzene rings is 1. The highest BCUT2D eigenvalue weighted by atomic mass is 19.4. The summed E-state index contributed by atoms with van der Waals surface area (Å²) in [7, 11) is 0. The standard InChI is InChI=1S/C22H29F3N4O3/c1-21(2,3)20-27-19(32-28-20)6-4-5-18(30)26-14-15-7-8-16(13-17(15)22(23,24)25)29-9-11-31-12-10-29/h7-8,13H,4-6,9-12,14H2,1-3H3,(H,26,30). The van der Waals surface area contributed by atoms with E-state index in [1.165, 1.54) is 6.07 Å². The molecular weight excluding hydrogens is 425 g/mol. The number of amides is 1. The van der Waals surface area contributed by atoms with E-state index in [0.29, 0.717) is 56.5 Å². The fourth-order valence-corrected chi connectivity index (χ4v) is 3.34. The summed E-state index contributed by atoms with van der Waals surface area (Å²) in [5.41, 5.74) is -0.422. The summed E-state index contributed by atoms with van der Waals surface area (Å²) in [5.74, 6) is 0.712. The van der Waals surface area contributed by atoms with Gasteiger partial charge in [0.25, 0.3) is 0 Å². The van der Waals surface area contributed by atoms with Gasteiger partial charge in [-0.1, -0.05) is 32.0 Å². The minimum Gasteiger partial charge on any atom is -0.378 e. The molecule has 1 aliphatic heterocycles. The molecule has 32 heavy (non-hydrogen) atoms. The molecule has 0 atom stereocenters. The number of carbonyl (C=O) groups excluding carboxylic acids is 1. The lowest BCUT2D eigenvalue weighted by molar-refractivity contribution is -0.138. The van der Waals surface area contributed by atoms with Crippen molar-refractivity contribution in [3.8, 4) is 0 Å². The van der Waals surface area contributed by atoms with Gasteiger partial charge in [0, 0.05) is 43.6 Å². The molecule has 2 aromatic rings. The minimum absolute atomic E-state index is 0.0366. The lowest BCUT2D eigenvalue weighted by Crippen LogP contribution is -2.36. The van der Waals surface area contributed by atoms with E-state index < -0.39 is 11.7 Å². The molecule has 1 fully saturated rings. The van der Waals surface area contributed by atoms with Crippen molar-refractivity contribution in [2.24, 2.45) is 0 Å². The Morgan fingerprint density at radius 2 is 1.91 bits per heavy atom. The number of ether oxygens (including phenoxy) is 1. The lowest BCUT2D eigenvalue weighted by Gasteiger charge is -2.29. The van der Waals surface area contributed by atoms with Crippen molar-refractivity contribution in [1.82, 2.24) is 15.5 Å². The number of carbonyl (C=O) groups is 1. The molecule has 1 aliphatic rings. The lowest BCUT2D eigenvalue weighted by atomic mass is 9.96. The normalized spacial score (nSPS) is 15.1. The summed E-state index contributed by atoms with van der Waals surface area (Å²) >= 11 is 0. The summed E-state index contributed by atoms with van der Waals surface area (Å²) in [6.45, 7) is 7.79. The van der Waals surface area contributed by atoms with Gasteiger partial charge in [0.05, 0.1) is 18.8 Å². The van der Waals surface area contributed by atoms with E-state index in [0.717, 1.165) is 6.07 Å². The first-order chi connectivity index (χ1) is 15.0. The van der Waals surface area contributed by atoms with E-state index in [1.807, 2.05) is 25.7 Å². The number of nitrogens with zero attached hydrogens (tertiary/aromatic N) is 3. The van der Waals surface area contributed by atoms with E-state index in [-0.39, 0.29) is 29.9 Å². The number of rotatable bonds is 7. The zero-order valence-corrected chi connectivity index (χ0v) is 18.6. The molecule has 1 amide bonds. The fourth-order valence-electron chi connectivity index (χ4n) is 3.34. The maximum Gasteiger partial charge on any atom is 0.416 e. The molecule has 0 radical (unpaired) electrons. The van der Waals surface area contributed by atoms with Gasteiger partial charge in [-0.15, -0.1) is 0 Å². The van der Waals surface area contributed by atoms with Crippen LogP contribution in [0.5, 0.6) is 0 Å². The monoisotopic (exact) mass is 454 g/mol. The third-order valence-electron chi connectivity index (χ3n) is 5.18. The van der Waals surface area contributed by atoms with Crippen molar-refractivity contribution >= 4 is 11.6 Å². The number of morpholine rings is 1. The van der Waals surface area contributed by atoms with Crippen molar-refractivity contribution < 1.29 is 27.2 Å². The molecule has 3 rings (SSSR count). The highest BCUT2D eigenvalue weighted by molar-refractivity contribution is 5.75. The maximum absolute atomic E-state index is 13.6.